The first-order chi connectivity index (χ1) is 7.69. The van der Waals surface area contributed by atoms with Crippen molar-refractivity contribution in [2.75, 3.05) is 46.3 Å². The number of cyclic esters (lactones) is 1. The molecule has 2 aliphatic rings. The number of nitrogens with two attached hydrogens (primary N) is 1. The fraction of sp³-hybridized carbons (Fsp3) is 0.900. The average Bonchev–Trinajstić information content (AvgIpc) is 2.67. The Balaban J connectivity index is 1.85. The van der Waals surface area contributed by atoms with E-state index in [1.54, 1.807) is 0 Å². The van der Waals surface area contributed by atoms with Gasteiger partial charge in [0, 0.05) is 38.8 Å². The highest BCUT2D eigenvalue weighted by molar-refractivity contribution is 5.69. The van der Waals surface area contributed by atoms with E-state index in [1.807, 2.05) is 0 Å². The first-order valence-corrected chi connectivity index (χ1v) is 5.76. The van der Waals surface area contributed by atoms with Crippen molar-refractivity contribution in [3.8, 4) is 0 Å². The lowest BCUT2D eigenvalue weighted by Gasteiger charge is -2.40. The second kappa shape index (κ2) is 4.99. The van der Waals surface area contributed by atoms with E-state index in [-0.39, 0.29) is 12.2 Å². The predicted octanol–water partition coefficient (Wildman–Crippen LogP) is -1.33. The van der Waals surface area contributed by atoms with E-state index in [0.717, 1.165) is 26.2 Å². The summed E-state index contributed by atoms with van der Waals surface area (Å²) in [6.07, 6.45) is -0.326. The summed E-state index contributed by atoms with van der Waals surface area (Å²) in [4.78, 5) is 15.5. The van der Waals surface area contributed by atoms with Crippen molar-refractivity contribution in [1.29, 1.82) is 0 Å². The molecule has 2 unspecified atom stereocenters. The van der Waals surface area contributed by atoms with Crippen LogP contribution in [0.2, 0.25) is 0 Å². The highest BCUT2D eigenvalue weighted by Crippen LogP contribution is 2.11. The molecule has 2 rings (SSSR count). The van der Waals surface area contributed by atoms with E-state index in [1.165, 1.54) is 0 Å². The molecular weight excluding hydrogens is 208 g/mol. The molecule has 16 heavy (non-hydrogen) atoms. The second-order valence-electron chi connectivity index (χ2n) is 4.55. The van der Waals surface area contributed by atoms with Crippen LogP contribution < -0.4 is 11.1 Å². The molecule has 0 aromatic rings. The molecule has 3 N–H and O–H groups in total. The molecule has 0 saturated carbocycles. The number of hydrogen-bond acceptors (Lipinski definition) is 5. The predicted molar refractivity (Wildman–Crippen MR) is 60.2 cm³/mol. The van der Waals surface area contributed by atoms with Gasteiger partial charge in [-0.05, 0) is 7.05 Å². The Morgan fingerprint density at radius 2 is 2.38 bits per heavy atom. The quantitative estimate of drug-likeness (QED) is 0.626. The van der Waals surface area contributed by atoms with Crippen LogP contribution in [-0.2, 0) is 4.74 Å². The summed E-state index contributed by atoms with van der Waals surface area (Å²) < 4.78 is 5.14. The van der Waals surface area contributed by atoms with Gasteiger partial charge in [0.25, 0.3) is 0 Å². The number of amides is 1. The van der Waals surface area contributed by atoms with Crippen molar-refractivity contribution in [2.45, 2.75) is 12.1 Å². The molecule has 0 aliphatic carbocycles. The molecule has 0 aromatic heterocycles. The van der Waals surface area contributed by atoms with Crippen LogP contribution in [0.15, 0.2) is 0 Å². The number of nitrogens with one attached hydrogen (secondary N) is 1. The van der Waals surface area contributed by atoms with Crippen LogP contribution in [0.1, 0.15) is 0 Å². The maximum atomic E-state index is 10.9. The molecule has 2 aliphatic heterocycles. The van der Waals surface area contributed by atoms with Gasteiger partial charge in [0.05, 0.1) is 6.54 Å². The van der Waals surface area contributed by atoms with Crippen LogP contribution in [0.25, 0.3) is 0 Å². The van der Waals surface area contributed by atoms with E-state index in [4.69, 9.17) is 10.5 Å². The zero-order chi connectivity index (χ0) is 11.5. The molecule has 92 valence electrons. The van der Waals surface area contributed by atoms with Crippen molar-refractivity contribution < 1.29 is 9.53 Å². The summed E-state index contributed by atoms with van der Waals surface area (Å²) in [5.74, 6) is 0. The molecule has 0 bridgehead atoms. The van der Waals surface area contributed by atoms with Crippen molar-refractivity contribution in [3.05, 3.63) is 0 Å². The van der Waals surface area contributed by atoms with Crippen LogP contribution in [-0.4, -0.2) is 74.4 Å². The molecule has 0 radical (unpaired) electrons. The molecular formula is C10H20N4O2. The zero-order valence-electron chi connectivity index (χ0n) is 9.69. The Morgan fingerprint density at radius 1 is 1.56 bits per heavy atom. The SMILES string of the molecule is CN1CCN(CC2CNC(=O)O2)C(CN)C1. The topological polar surface area (TPSA) is 70.8 Å². The lowest BCUT2D eigenvalue weighted by Crippen LogP contribution is -2.56. The summed E-state index contributed by atoms with van der Waals surface area (Å²) in [7, 11) is 2.11. The number of likely N-dealkylation sites (N-methyl/N-ethyl adjacent to an activating group) is 1. The summed E-state index contributed by atoms with van der Waals surface area (Å²) in [6.45, 7) is 5.08. The Labute approximate surface area is 95.7 Å². The molecule has 2 fully saturated rings. The van der Waals surface area contributed by atoms with Gasteiger partial charge in [-0.3, -0.25) is 4.90 Å². The zero-order valence-corrected chi connectivity index (χ0v) is 9.69. The van der Waals surface area contributed by atoms with Crippen molar-refractivity contribution in [2.24, 2.45) is 5.73 Å². The van der Waals surface area contributed by atoms with E-state index in [2.05, 4.69) is 22.2 Å². The van der Waals surface area contributed by atoms with Crippen LogP contribution in [0.3, 0.4) is 0 Å². The van der Waals surface area contributed by atoms with E-state index in [0.29, 0.717) is 19.1 Å². The minimum atomic E-state index is -0.302. The number of nitrogens with zero attached hydrogens (tertiary/aromatic N) is 2. The van der Waals surface area contributed by atoms with Crippen LogP contribution in [0.4, 0.5) is 4.79 Å². The molecule has 2 atom stereocenters. The highest BCUT2D eigenvalue weighted by atomic mass is 16.6. The van der Waals surface area contributed by atoms with E-state index in [9.17, 15) is 4.79 Å². The normalized spacial score (nSPS) is 32.5. The van der Waals surface area contributed by atoms with Gasteiger partial charge in [-0.25, -0.2) is 4.79 Å². The van der Waals surface area contributed by atoms with Crippen molar-refractivity contribution >= 4 is 6.09 Å². The van der Waals surface area contributed by atoms with E-state index >= 15 is 0 Å². The number of alkyl carbamates (subject to hydrolysis) is 1. The van der Waals surface area contributed by atoms with Crippen LogP contribution >= 0.6 is 0 Å². The maximum absolute atomic E-state index is 10.9. The Bertz CT molecular complexity index is 261. The minimum absolute atomic E-state index is 0.0232. The van der Waals surface area contributed by atoms with Crippen molar-refractivity contribution in [1.82, 2.24) is 15.1 Å². The Kier molecular flexibility index (Phi) is 3.63. The first kappa shape index (κ1) is 11.6. The van der Waals surface area contributed by atoms with Gasteiger partial charge in [-0.2, -0.15) is 0 Å². The third-order valence-corrected chi connectivity index (χ3v) is 3.27. The smallest absolute Gasteiger partial charge is 0.407 e. The highest BCUT2D eigenvalue weighted by Gasteiger charge is 2.30. The fourth-order valence-corrected chi connectivity index (χ4v) is 2.31. The monoisotopic (exact) mass is 228 g/mol. The summed E-state index contributed by atoms with van der Waals surface area (Å²) in [5.41, 5.74) is 5.77. The molecule has 6 nitrogen and oxygen atoms in total. The van der Waals surface area contributed by atoms with Gasteiger partial charge in [-0.15, -0.1) is 0 Å². The van der Waals surface area contributed by atoms with Crippen molar-refractivity contribution in [3.63, 3.8) is 0 Å². The summed E-state index contributed by atoms with van der Waals surface area (Å²) >= 11 is 0. The molecule has 2 saturated heterocycles. The minimum Gasteiger partial charge on any atom is -0.443 e. The summed E-state index contributed by atoms with van der Waals surface area (Å²) in [5, 5.41) is 2.67. The third kappa shape index (κ3) is 2.63. The molecule has 0 spiro atoms. The van der Waals surface area contributed by atoms with Crippen LogP contribution in [0, 0.1) is 0 Å². The first-order valence-electron chi connectivity index (χ1n) is 5.76. The van der Waals surface area contributed by atoms with Gasteiger partial charge in [0.15, 0.2) is 0 Å². The third-order valence-electron chi connectivity index (χ3n) is 3.27. The number of rotatable bonds is 3. The molecule has 1 amide bonds. The molecule has 0 aromatic carbocycles. The van der Waals surface area contributed by atoms with Gasteiger partial charge < -0.3 is 20.7 Å². The standard InChI is InChI=1S/C10H20N4O2/c1-13-2-3-14(8(4-11)6-13)7-9-5-12-10(15)16-9/h8-9H,2-7,11H2,1H3,(H,12,15). The number of piperazine rings is 1. The lowest BCUT2D eigenvalue weighted by molar-refractivity contribution is 0.0502. The Hall–Kier alpha value is -0.850. The second-order valence-corrected chi connectivity index (χ2v) is 4.55. The lowest BCUT2D eigenvalue weighted by atomic mass is 10.1. The Morgan fingerprint density at radius 3 is 3.00 bits per heavy atom. The van der Waals surface area contributed by atoms with E-state index < -0.39 is 0 Å². The molecule has 2 heterocycles. The average molecular weight is 228 g/mol. The van der Waals surface area contributed by atoms with Crippen LogP contribution in [0.5, 0.6) is 0 Å². The number of ether oxygens (including phenoxy) is 1. The van der Waals surface area contributed by atoms with Gasteiger partial charge >= 0.3 is 6.09 Å². The molecule has 6 heteroatoms. The van der Waals surface area contributed by atoms with Gasteiger partial charge in [0.2, 0.25) is 0 Å². The maximum Gasteiger partial charge on any atom is 0.407 e. The summed E-state index contributed by atoms with van der Waals surface area (Å²) in [6, 6.07) is 0.373. The number of carbonyl (C=O) groups excluding carboxylic acids is 1. The number of hydrogen-bond donors (Lipinski definition) is 2. The van der Waals surface area contributed by atoms with Gasteiger partial charge in [-0.1, -0.05) is 0 Å². The number of carbonyl (C=O) groups is 1. The van der Waals surface area contributed by atoms with Gasteiger partial charge in [0.1, 0.15) is 6.10 Å². The largest absolute Gasteiger partial charge is 0.443 e. The fourth-order valence-electron chi connectivity index (χ4n) is 2.31.